The van der Waals surface area contributed by atoms with E-state index in [0.29, 0.717) is 4.90 Å². The summed E-state index contributed by atoms with van der Waals surface area (Å²) in [5.74, 6) is -18.9. The number of esters is 1. The van der Waals surface area contributed by atoms with Crippen molar-refractivity contribution in [2.45, 2.75) is 18.9 Å². The lowest BCUT2D eigenvalue weighted by Crippen LogP contribution is -2.54. The van der Waals surface area contributed by atoms with Crippen molar-refractivity contribution in [3.8, 4) is 11.5 Å². The van der Waals surface area contributed by atoms with Gasteiger partial charge in [-0.15, -0.1) is 0 Å². The number of benzene rings is 2. The summed E-state index contributed by atoms with van der Waals surface area (Å²) in [6.45, 7) is -1.16. The molecule has 2 aliphatic rings. The van der Waals surface area contributed by atoms with E-state index in [9.17, 15) is 45.9 Å². The quantitative estimate of drug-likeness (QED) is 0.167. The Labute approximate surface area is 191 Å². The molecule has 1 unspecified atom stereocenters. The number of hydrogen-bond acceptors (Lipinski definition) is 7. The van der Waals surface area contributed by atoms with E-state index in [1.165, 1.54) is 12.1 Å². The van der Waals surface area contributed by atoms with Crippen LogP contribution in [0.15, 0.2) is 18.2 Å². The average molecular weight is 498 g/mol. The van der Waals surface area contributed by atoms with Crippen molar-refractivity contribution in [1.82, 2.24) is 10.2 Å². The Morgan fingerprint density at radius 1 is 0.943 bits per heavy atom. The number of nitrogens with one attached hydrogen (secondary N) is 1. The van der Waals surface area contributed by atoms with Crippen LogP contribution in [-0.4, -0.2) is 47.1 Å². The minimum atomic E-state index is -2.44. The molecule has 4 rings (SSSR count). The summed E-state index contributed by atoms with van der Waals surface area (Å²) in [5, 5.41) is 2.02. The summed E-state index contributed by atoms with van der Waals surface area (Å²) >= 11 is 0. The zero-order valence-electron chi connectivity index (χ0n) is 17.1. The first-order valence-corrected chi connectivity index (χ1v) is 9.72. The Hall–Kier alpha value is -4.36. The van der Waals surface area contributed by atoms with Gasteiger partial charge in [0.25, 0.3) is 11.8 Å². The smallest absolute Gasteiger partial charge is 0.349 e. The van der Waals surface area contributed by atoms with Gasteiger partial charge in [0.1, 0.15) is 11.8 Å². The van der Waals surface area contributed by atoms with Crippen LogP contribution in [0.5, 0.6) is 11.5 Å². The number of amides is 4. The predicted molar refractivity (Wildman–Crippen MR) is 100 cm³/mol. The van der Waals surface area contributed by atoms with Gasteiger partial charge in [-0.25, -0.2) is 18.0 Å². The maximum Gasteiger partial charge on any atom is 0.349 e. The number of carbonyl (C=O) groups excluding carboxylic acids is 5. The molecule has 35 heavy (non-hydrogen) atoms. The molecule has 2 aliphatic heterocycles. The van der Waals surface area contributed by atoms with Gasteiger partial charge >= 0.3 is 5.97 Å². The summed E-state index contributed by atoms with van der Waals surface area (Å²) in [7, 11) is 0. The third-order valence-corrected chi connectivity index (χ3v) is 5.16. The fraction of sp³-hybridized carbons (Fsp3) is 0.190. The largest absolute Gasteiger partial charge is 0.481 e. The first-order valence-electron chi connectivity index (χ1n) is 9.72. The van der Waals surface area contributed by atoms with Crippen molar-refractivity contribution >= 4 is 29.6 Å². The lowest BCUT2D eigenvalue weighted by molar-refractivity contribution is -0.137. The van der Waals surface area contributed by atoms with Crippen molar-refractivity contribution in [2.75, 3.05) is 6.61 Å². The van der Waals surface area contributed by atoms with E-state index in [1.54, 1.807) is 0 Å². The molecule has 2 aromatic rings. The van der Waals surface area contributed by atoms with Gasteiger partial charge in [-0.1, -0.05) is 6.07 Å². The van der Waals surface area contributed by atoms with Gasteiger partial charge in [0, 0.05) is 6.42 Å². The van der Waals surface area contributed by atoms with Crippen molar-refractivity contribution in [3.05, 3.63) is 58.4 Å². The molecule has 1 saturated heterocycles. The second kappa shape index (κ2) is 8.77. The molecule has 9 nitrogen and oxygen atoms in total. The number of nitrogens with zero attached hydrogens (tertiary/aromatic N) is 1. The van der Waals surface area contributed by atoms with E-state index in [-0.39, 0.29) is 29.7 Å². The van der Waals surface area contributed by atoms with Crippen LogP contribution < -0.4 is 14.8 Å². The van der Waals surface area contributed by atoms with Gasteiger partial charge in [0.05, 0.1) is 11.1 Å². The number of imide groups is 2. The van der Waals surface area contributed by atoms with Gasteiger partial charge < -0.3 is 9.47 Å². The highest BCUT2D eigenvalue weighted by molar-refractivity contribution is 6.24. The van der Waals surface area contributed by atoms with Gasteiger partial charge in [-0.05, 0) is 18.6 Å². The number of fused-ring (bicyclic) bond motifs is 1. The molecule has 1 atom stereocenters. The average Bonchev–Trinajstić information content (AvgIpc) is 3.08. The molecule has 4 amide bonds. The maximum atomic E-state index is 13.7. The molecule has 0 aromatic heterocycles. The molecule has 182 valence electrons. The SMILES string of the molecule is O=C1CCC(N2C(=O)c3cccc(OCC(=O)Oc4c(F)c(F)c(F)c(F)c4F)c3C2=O)C(=O)N1. The van der Waals surface area contributed by atoms with E-state index in [1.807, 2.05) is 5.32 Å². The van der Waals surface area contributed by atoms with Crippen LogP contribution in [0.4, 0.5) is 22.0 Å². The Bertz CT molecular complexity index is 1300. The van der Waals surface area contributed by atoms with E-state index in [0.717, 1.165) is 6.07 Å². The normalized spacial score (nSPS) is 17.4. The van der Waals surface area contributed by atoms with Crippen LogP contribution in [0.3, 0.4) is 0 Å². The maximum absolute atomic E-state index is 13.7. The molecule has 14 heteroatoms. The Morgan fingerprint density at radius 2 is 1.57 bits per heavy atom. The summed E-state index contributed by atoms with van der Waals surface area (Å²) in [6, 6.07) is 2.39. The monoisotopic (exact) mass is 498 g/mol. The predicted octanol–water partition coefficient (Wildman–Crippen LogP) is 1.77. The molecule has 0 radical (unpaired) electrons. The van der Waals surface area contributed by atoms with Crippen LogP contribution in [0.25, 0.3) is 0 Å². The molecule has 2 heterocycles. The van der Waals surface area contributed by atoms with Crippen LogP contribution >= 0.6 is 0 Å². The van der Waals surface area contributed by atoms with E-state index < -0.39 is 77.1 Å². The zero-order valence-corrected chi connectivity index (χ0v) is 17.1. The van der Waals surface area contributed by atoms with Gasteiger partial charge in [0.15, 0.2) is 6.61 Å². The fourth-order valence-electron chi connectivity index (χ4n) is 3.56. The Kier molecular flexibility index (Phi) is 5.96. The van der Waals surface area contributed by atoms with Gasteiger partial charge in [-0.2, -0.15) is 8.78 Å². The Balaban J connectivity index is 1.53. The molecule has 1 N–H and O–H groups in total. The number of carbonyl (C=O) groups is 5. The van der Waals surface area contributed by atoms with Gasteiger partial charge in [-0.3, -0.25) is 29.4 Å². The summed E-state index contributed by atoms with van der Waals surface area (Å²) < 4.78 is 76.4. The van der Waals surface area contributed by atoms with Crippen molar-refractivity contribution < 1.29 is 55.4 Å². The second-order valence-corrected chi connectivity index (χ2v) is 7.29. The number of ether oxygens (including phenoxy) is 2. The number of rotatable bonds is 5. The van der Waals surface area contributed by atoms with Crippen LogP contribution in [0, 0.1) is 29.1 Å². The molecule has 0 spiro atoms. The minimum absolute atomic E-state index is 0.111. The molecular formula is C21H11F5N2O7. The molecular weight excluding hydrogens is 487 g/mol. The summed E-state index contributed by atoms with van der Waals surface area (Å²) in [5.41, 5.74) is -0.531. The second-order valence-electron chi connectivity index (χ2n) is 7.29. The van der Waals surface area contributed by atoms with Gasteiger partial charge in [0.2, 0.25) is 46.6 Å². The third kappa shape index (κ3) is 3.96. The summed E-state index contributed by atoms with van der Waals surface area (Å²) in [4.78, 5) is 61.7. The lowest BCUT2D eigenvalue weighted by atomic mass is 10.0. The van der Waals surface area contributed by atoms with Crippen molar-refractivity contribution in [3.63, 3.8) is 0 Å². The number of halogens is 5. The standard InChI is InChI=1S/C21H11F5N2O7/c22-13-14(23)16(25)18(17(26)15(13)24)35-11(30)6-34-9-3-1-2-7-12(9)21(33)28(20(7)32)8-4-5-10(29)27-19(8)31/h1-3,8H,4-6H2,(H,27,29,31). The first-order chi connectivity index (χ1) is 16.5. The molecule has 1 fully saturated rings. The minimum Gasteiger partial charge on any atom is -0.481 e. The molecule has 0 saturated carbocycles. The highest BCUT2D eigenvalue weighted by Crippen LogP contribution is 2.34. The third-order valence-electron chi connectivity index (χ3n) is 5.16. The topological polar surface area (TPSA) is 119 Å². The highest BCUT2D eigenvalue weighted by atomic mass is 19.2. The van der Waals surface area contributed by atoms with Crippen molar-refractivity contribution in [2.24, 2.45) is 0 Å². The number of piperidine rings is 1. The van der Waals surface area contributed by atoms with E-state index >= 15 is 0 Å². The zero-order chi connectivity index (χ0) is 25.6. The van der Waals surface area contributed by atoms with Crippen LogP contribution in [0.2, 0.25) is 0 Å². The van der Waals surface area contributed by atoms with Crippen LogP contribution in [-0.2, 0) is 14.4 Å². The lowest BCUT2D eigenvalue weighted by Gasteiger charge is -2.27. The van der Waals surface area contributed by atoms with Crippen LogP contribution in [0.1, 0.15) is 33.6 Å². The highest BCUT2D eigenvalue weighted by Gasteiger charge is 2.46. The van der Waals surface area contributed by atoms with Crippen molar-refractivity contribution in [1.29, 1.82) is 0 Å². The molecule has 0 aliphatic carbocycles. The first kappa shape index (κ1) is 23.8. The molecule has 0 bridgehead atoms. The Morgan fingerprint density at radius 3 is 2.20 bits per heavy atom. The summed E-state index contributed by atoms with van der Waals surface area (Å²) in [6.07, 6.45) is -0.225. The number of hydrogen-bond donors (Lipinski definition) is 1. The fourth-order valence-corrected chi connectivity index (χ4v) is 3.56. The van der Waals surface area contributed by atoms with E-state index in [2.05, 4.69) is 4.74 Å². The van der Waals surface area contributed by atoms with E-state index in [4.69, 9.17) is 4.74 Å². The molecule has 2 aromatic carbocycles.